The number of halogens is 2. The highest BCUT2D eigenvalue weighted by atomic mass is 35.5. The van der Waals surface area contributed by atoms with Gasteiger partial charge in [-0.1, -0.05) is 68.1 Å². The van der Waals surface area contributed by atoms with E-state index in [1.165, 1.54) is 4.90 Å². The fourth-order valence-corrected chi connectivity index (χ4v) is 5.62. The van der Waals surface area contributed by atoms with Crippen LogP contribution in [0.1, 0.15) is 63.5 Å². The normalized spacial score (nSPS) is 15.0. The van der Waals surface area contributed by atoms with E-state index >= 15 is 0 Å². The maximum absolute atomic E-state index is 13.7. The topological polar surface area (TPSA) is 86.8 Å². The molecular formula is C27H35Cl2N3O4S. The molecule has 0 radical (unpaired) electrons. The third kappa shape index (κ3) is 7.85. The molecule has 2 amide bonds. The summed E-state index contributed by atoms with van der Waals surface area (Å²) in [5.74, 6) is -0.491. The lowest BCUT2D eigenvalue weighted by molar-refractivity contribution is -0.139. The molecule has 1 atom stereocenters. The molecule has 2 aromatic rings. The first-order valence-corrected chi connectivity index (χ1v) is 15.1. The van der Waals surface area contributed by atoms with Gasteiger partial charge in [0, 0.05) is 12.6 Å². The van der Waals surface area contributed by atoms with Crippen molar-refractivity contribution in [1.29, 1.82) is 0 Å². The van der Waals surface area contributed by atoms with Gasteiger partial charge in [0.15, 0.2) is 0 Å². The number of nitrogens with one attached hydrogen (secondary N) is 1. The van der Waals surface area contributed by atoms with Crippen LogP contribution in [0, 0.1) is 0 Å². The first-order valence-electron chi connectivity index (χ1n) is 12.5. The maximum atomic E-state index is 13.7. The van der Waals surface area contributed by atoms with Gasteiger partial charge in [0.2, 0.25) is 21.8 Å². The smallest absolute Gasteiger partial charge is 0.244 e. The van der Waals surface area contributed by atoms with Crippen LogP contribution in [0.15, 0.2) is 42.5 Å². The van der Waals surface area contributed by atoms with Crippen molar-refractivity contribution in [3.05, 3.63) is 63.6 Å². The second kappa shape index (κ2) is 12.5. The molecule has 1 N–H and O–H groups in total. The molecule has 7 nitrogen and oxygen atoms in total. The molecule has 10 heteroatoms. The Kier molecular flexibility index (Phi) is 9.89. The number of benzene rings is 2. The van der Waals surface area contributed by atoms with Crippen LogP contribution >= 0.6 is 23.2 Å². The SMILES string of the molecule is CC(C)c1ccc(N(CC(=O)N(Cc2ccc(Cl)c(Cl)c2)[C@H](C)C(=O)NC2CCCC2)S(C)(=O)=O)cc1. The summed E-state index contributed by atoms with van der Waals surface area (Å²) in [7, 11) is -3.78. The Labute approximate surface area is 230 Å². The first kappa shape index (κ1) is 29.3. The predicted octanol–water partition coefficient (Wildman–Crippen LogP) is 5.36. The van der Waals surface area contributed by atoms with E-state index in [-0.39, 0.29) is 24.4 Å². The van der Waals surface area contributed by atoms with Gasteiger partial charge in [-0.15, -0.1) is 0 Å². The molecule has 2 aromatic carbocycles. The van der Waals surface area contributed by atoms with Crippen molar-refractivity contribution in [2.24, 2.45) is 0 Å². The van der Waals surface area contributed by atoms with Gasteiger partial charge in [-0.25, -0.2) is 8.42 Å². The lowest BCUT2D eigenvalue weighted by Crippen LogP contribution is -2.52. The van der Waals surface area contributed by atoms with Gasteiger partial charge in [-0.05, 0) is 61.1 Å². The van der Waals surface area contributed by atoms with Gasteiger partial charge in [-0.3, -0.25) is 13.9 Å². The quantitative estimate of drug-likeness (QED) is 0.418. The standard InChI is InChI=1S/C27H35Cl2N3O4S/c1-18(2)21-10-12-23(13-11-21)32(37(4,35)36)17-26(33)31(16-20-9-14-24(28)25(29)15-20)19(3)27(34)30-22-7-5-6-8-22/h9-15,18-19,22H,5-8,16-17H2,1-4H3,(H,30,34)/t19-/m1/s1. The van der Waals surface area contributed by atoms with Crippen molar-refractivity contribution in [3.8, 4) is 0 Å². The second-order valence-electron chi connectivity index (χ2n) is 9.95. The summed E-state index contributed by atoms with van der Waals surface area (Å²) < 4.78 is 26.5. The molecule has 37 heavy (non-hydrogen) atoms. The Morgan fingerprint density at radius 1 is 1.00 bits per heavy atom. The molecule has 0 unspecified atom stereocenters. The maximum Gasteiger partial charge on any atom is 0.244 e. The lowest BCUT2D eigenvalue weighted by Gasteiger charge is -2.32. The zero-order valence-electron chi connectivity index (χ0n) is 21.7. The van der Waals surface area contributed by atoms with Crippen molar-refractivity contribution >= 4 is 50.7 Å². The van der Waals surface area contributed by atoms with E-state index in [2.05, 4.69) is 5.32 Å². The molecule has 0 bridgehead atoms. The van der Waals surface area contributed by atoms with Gasteiger partial charge < -0.3 is 10.2 Å². The Hall–Kier alpha value is -2.29. The van der Waals surface area contributed by atoms with E-state index in [4.69, 9.17) is 23.2 Å². The average Bonchev–Trinajstić information content (AvgIpc) is 3.35. The van der Waals surface area contributed by atoms with Gasteiger partial charge in [0.05, 0.1) is 22.0 Å². The third-order valence-electron chi connectivity index (χ3n) is 6.73. The highest BCUT2D eigenvalue weighted by molar-refractivity contribution is 7.92. The molecule has 0 heterocycles. The number of nitrogens with zero attached hydrogens (tertiary/aromatic N) is 2. The average molecular weight is 569 g/mol. The van der Waals surface area contributed by atoms with Gasteiger partial charge in [0.25, 0.3) is 0 Å². The number of hydrogen-bond donors (Lipinski definition) is 1. The van der Waals surface area contributed by atoms with Crippen molar-refractivity contribution in [3.63, 3.8) is 0 Å². The lowest BCUT2D eigenvalue weighted by atomic mass is 10.0. The van der Waals surface area contributed by atoms with E-state index < -0.39 is 28.5 Å². The molecular weight excluding hydrogens is 533 g/mol. The fraction of sp³-hybridized carbons (Fsp3) is 0.481. The van der Waals surface area contributed by atoms with Crippen LogP contribution in [0.4, 0.5) is 5.69 Å². The monoisotopic (exact) mass is 567 g/mol. The van der Waals surface area contributed by atoms with Crippen LogP contribution in [0.3, 0.4) is 0 Å². The van der Waals surface area contributed by atoms with Crippen LogP contribution in [-0.4, -0.2) is 50.0 Å². The molecule has 0 spiro atoms. The summed E-state index contributed by atoms with van der Waals surface area (Å²) in [6.07, 6.45) is 5.01. The minimum absolute atomic E-state index is 0.0683. The van der Waals surface area contributed by atoms with Crippen LogP contribution in [0.25, 0.3) is 0 Å². The highest BCUT2D eigenvalue weighted by Gasteiger charge is 2.31. The summed E-state index contributed by atoms with van der Waals surface area (Å²) in [4.78, 5) is 28.2. The number of hydrogen-bond acceptors (Lipinski definition) is 4. The van der Waals surface area contributed by atoms with Gasteiger partial charge in [-0.2, -0.15) is 0 Å². The number of amides is 2. The highest BCUT2D eigenvalue weighted by Crippen LogP contribution is 2.26. The Morgan fingerprint density at radius 2 is 1.62 bits per heavy atom. The molecule has 1 aliphatic carbocycles. The minimum atomic E-state index is -3.78. The van der Waals surface area contributed by atoms with E-state index in [9.17, 15) is 18.0 Å². The summed E-state index contributed by atoms with van der Waals surface area (Å²) in [5, 5.41) is 3.75. The van der Waals surface area contributed by atoms with Gasteiger partial charge in [0.1, 0.15) is 12.6 Å². The molecule has 0 aliphatic heterocycles. The van der Waals surface area contributed by atoms with Crippen molar-refractivity contribution in [2.45, 2.75) is 71.0 Å². The number of carbonyl (C=O) groups excluding carboxylic acids is 2. The summed E-state index contributed by atoms with van der Waals surface area (Å²) in [6.45, 7) is 5.38. The molecule has 3 rings (SSSR count). The summed E-state index contributed by atoms with van der Waals surface area (Å²) in [6, 6.07) is 11.4. The summed E-state index contributed by atoms with van der Waals surface area (Å²) in [5.41, 5.74) is 2.12. The second-order valence-corrected chi connectivity index (χ2v) is 12.7. The van der Waals surface area contributed by atoms with Crippen molar-refractivity contribution in [1.82, 2.24) is 10.2 Å². The van der Waals surface area contributed by atoms with Crippen LogP contribution in [-0.2, 0) is 26.2 Å². The number of rotatable bonds is 10. The largest absolute Gasteiger partial charge is 0.352 e. The number of carbonyl (C=O) groups is 2. The van der Waals surface area contributed by atoms with Crippen LogP contribution in [0.5, 0.6) is 0 Å². The van der Waals surface area contributed by atoms with E-state index in [0.717, 1.165) is 41.8 Å². The van der Waals surface area contributed by atoms with Crippen LogP contribution < -0.4 is 9.62 Å². The third-order valence-corrected chi connectivity index (χ3v) is 8.61. The van der Waals surface area contributed by atoms with Gasteiger partial charge >= 0.3 is 0 Å². The van der Waals surface area contributed by atoms with Crippen LogP contribution in [0.2, 0.25) is 10.0 Å². The van der Waals surface area contributed by atoms with Crippen molar-refractivity contribution in [2.75, 3.05) is 17.1 Å². The molecule has 0 aromatic heterocycles. The van der Waals surface area contributed by atoms with Crippen molar-refractivity contribution < 1.29 is 18.0 Å². The van der Waals surface area contributed by atoms with E-state index in [0.29, 0.717) is 21.3 Å². The molecule has 1 aliphatic rings. The molecule has 202 valence electrons. The zero-order valence-corrected chi connectivity index (χ0v) is 24.0. The minimum Gasteiger partial charge on any atom is -0.352 e. The number of anilines is 1. The van der Waals surface area contributed by atoms with E-state index in [1.807, 2.05) is 26.0 Å². The molecule has 1 fully saturated rings. The first-order chi connectivity index (χ1) is 17.4. The van der Waals surface area contributed by atoms with E-state index in [1.54, 1.807) is 37.3 Å². The predicted molar refractivity (Wildman–Crippen MR) is 150 cm³/mol. The Morgan fingerprint density at radius 3 is 2.16 bits per heavy atom. The number of sulfonamides is 1. The molecule has 1 saturated carbocycles. The zero-order chi connectivity index (χ0) is 27.3. The summed E-state index contributed by atoms with van der Waals surface area (Å²) >= 11 is 12.2. The Balaban J connectivity index is 1.89. The Bertz CT molecular complexity index is 1210. The fourth-order valence-electron chi connectivity index (χ4n) is 4.45. The molecule has 0 saturated heterocycles.